The Labute approximate surface area is 178 Å². The second kappa shape index (κ2) is 7.80. The summed E-state index contributed by atoms with van der Waals surface area (Å²) in [7, 11) is 0. The van der Waals surface area contributed by atoms with E-state index in [-0.39, 0.29) is 11.5 Å². The Bertz CT molecular complexity index is 1360. The monoisotopic (exact) mass is 407 g/mol. The number of benzene rings is 3. The van der Waals surface area contributed by atoms with Crippen LogP contribution in [0.3, 0.4) is 0 Å². The summed E-state index contributed by atoms with van der Waals surface area (Å²) in [4.78, 5) is 28.0. The lowest BCUT2D eigenvalue weighted by Gasteiger charge is -2.03. The normalized spacial score (nSPS) is 14.2. The number of allylic oxidation sites excluding steroid dienone is 1. The van der Waals surface area contributed by atoms with Gasteiger partial charge in [0.2, 0.25) is 5.78 Å². The molecule has 1 aromatic heterocycles. The number of rotatable bonds is 4. The number of hydrogen-bond donors (Lipinski definition) is 1. The zero-order chi connectivity index (χ0) is 21.2. The molecule has 5 heteroatoms. The maximum absolute atomic E-state index is 12.7. The van der Waals surface area contributed by atoms with Gasteiger partial charge in [-0.1, -0.05) is 48.5 Å². The lowest BCUT2D eigenvalue weighted by Crippen LogP contribution is -2.03. The van der Waals surface area contributed by atoms with E-state index in [1.54, 1.807) is 30.4 Å². The Kier molecular flexibility index (Phi) is 4.69. The molecule has 5 rings (SSSR count). The molecule has 0 saturated carbocycles. The molecule has 31 heavy (non-hydrogen) atoms. The topological polar surface area (TPSA) is 68.4 Å². The quantitative estimate of drug-likeness (QED) is 0.279. The Balaban J connectivity index is 1.34. The van der Waals surface area contributed by atoms with Crippen molar-refractivity contribution in [3.63, 3.8) is 0 Å². The summed E-state index contributed by atoms with van der Waals surface area (Å²) in [5, 5.41) is 1.00. The van der Waals surface area contributed by atoms with Crippen LogP contribution >= 0.6 is 0 Å². The van der Waals surface area contributed by atoms with E-state index in [1.165, 1.54) is 6.08 Å². The summed E-state index contributed by atoms with van der Waals surface area (Å²) in [6, 6.07) is 22.0. The van der Waals surface area contributed by atoms with Gasteiger partial charge in [0, 0.05) is 34.8 Å². The molecule has 0 saturated heterocycles. The highest BCUT2D eigenvalue weighted by Crippen LogP contribution is 2.35. The second-order valence-corrected chi connectivity index (χ2v) is 7.05. The van der Waals surface area contributed by atoms with Crippen molar-refractivity contribution in [2.75, 3.05) is 0 Å². The van der Waals surface area contributed by atoms with Crippen molar-refractivity contribution >= 4 is 34.8 Å². The molecule has 0 unspecified atom stereocenters. The molecular weight excluding hydrogens is 390 g/mol. The summed E-state index contributed by atoms with van der Waals surface area (Å²) in [6.45, 7) is 0. The molecule has 0 fully saturated rings. The van der Waals surface area contributed by atoms with Crippen molar-refractivity contribution in [3.8, 4) is 11.5 Å². The maximum atomic E-state index is 12.7. The van der Waals surface area contributed by atoms with Crippen LogP contribution in [0, 0.1) is 0 Å². The van der Waals surface area contributed by atoms with Gasteiger partial charge in [-0.15, -0.1) is 0 Å². The summed E-state index contributed by atoms with van der Waals surface area (Å²) in [6.07, 6.45) is 6.59. The fourth-order valence-corrected chi connectivity index (χ4v) is 3.46. The highest BCUT2D eigenvalue weighted by atomic mass is 16.5. The van der Waals surface area contributed by atoms with Crippen LogP contribution in [0.5, 0.6) is 11.5 Å². The lowest BCUT2D eigenvalue weighted by molar-refractivity contribution is -0.128. The first-order valence-corrected chi connectivity index (χ1v) is 9.77. The number of aromatic nitrogens is 1. The second-order valence-electron chi connectivity index (χ2n) is 7.05. The fraction of sp³-hybridized carbons (Fsp3) is 0. The Morgan fingerprint density at radius 1 is 0.968 bits per heavy atom. The van der Waals surface area contributed by atoms with E-state index >= 15 is 0 Å². The van der Waals surface area contributed by atoms with Crippen molar-refractivity contribution in [1.29, 1.82) is 0 Å². The maximum Gasteiger partial charge on any atom is 0.336 e. The average Bonchev–Trinajstić information content (AvgIpc) is 3.34. The molecule has 4 aromatic rings. The number of carbonyl (C=O) groups excluding carboxylic acids is 2. The van der Waals surface area contributed by atoms with Crippen LogP contribution in [0.2, 0.25) is 0 Å². The Morgan fingerprint density at radius 3 is 2.65 bits per heavy atom. The summed E-state index contributed by atoms with van der Waals surface area (Å²) in [5.41, 5.74) is 3.18. The van der Waals surface area contributed by atoms with Crippen LogP contribution in [-0.4, -0.2) is 16.7 Å². The van der Waals surface area contributed by atoms with Gasteiger partial charge in [0.25, 0.3) is 0 Å². The van der Waals surface area contributed by atoms with E-state index in [4.69, 9.17) is 9.47 Å². The molecule has 0 atom stereocenters. The zero-order valence-electron chi connectivity index (χ0n) is 16.4. The number of esters is 1. The number of para-hydroxylation sites is 1. The first-order valence-electron chi connectivity index (χ1n) is 9.77. The summed E-state index contributed by atoms with van der Waals surface area (Å²) in [5.74, 6) is 0.188. The zero-order valence-corrected chi connectivity index (χ0v) is 16.4. The van der Waals surface area contributed by atoms with E-state index in [0.29, 0.717) is 17.1 Å². The molecule has 0 bridgehead atoms. The number of ketones is 1. The SMILES string of the molecule is O=C(C=Cc1ccccc1)Oc1ccc2c(c1)OC(=Cc1c[nH]c3ccccc13)C2=O. The molecule has 2 heterocycles. The third-order valence-electron chi connectivity index (χ3n) is 4.98. The first kappa shape index (κ1) is 18.6. The molecular formula is C26H17NO4. The molecule has 1 N–H and O–H groups in total. The van der Waals surface area contributed by atoms with Crippen molar-refractivity contribution in [2.24, 2.45) is 0 Å². The number of nitrogens with one attached hydrogen (secondary N) is 1. The number of hydrogen-bond acceptors (Lipinski definition) is 4. The number of fused-ring (bicyclic) bond motifs is 2. The van der Waals surface area contributed by atoms with Gasteiger partial charge < -0.3 is 14.5 Å². The van der Waals surface area contributed by atoms with Crippen LogP contribution < -0.4 is 9.47 Å². The van der Waals surface area contributed by atoms with Crippen molar-refractivity contribution < 1.29 is 19.1 Å². The smallest absolute Gasteiger partial charge is 0.336 e. The van der Waals surface area contributed by atoms with Crippen molar-refractivity contribution in [3.05, 3.63) is 108 Å². The minimum absolute atomic E-state index is 0.206. The highest BCUT2D eigenvalue weighted by molar-refractivity contribution is 6.15. The Morgan fingerprint density at radius 2 is 1.77 bits per heavy atom. The van der Waals surface area contributed by atoms with Gasteiger partial charge >= 0.3 is 5.97 Å². The number of ether oxygens (including phenoxy) is 2. The molecule has 0 aliphatic carbocycles. The molecule has 5 nitrogen and oxygen atoms in total. The van der Waals surface area contributed by atoms with Crippen molar-refractivity contribution in [2.45, 2.75) is 0 Å². The molecule has 1 aliphatic rings. The molecule has 3 aromatic carbocycles. The van der Waals surface area contributed by atoms with E-state index in [1.807, 2.05) is 60.8 Å². The molecule has 0 radical (unpaired) electrons. The van der Waals surface area contributed by atoms with Gasteiger partial charge in [-0.25, -0.2) is 4.79 Å². The number of Topliss-reactive ketones (excluding diaryl/α,β-unsaturated/α-hetero) is 1. The van der Waals surface area contributed by atoms with Gasteiger partial charge in [-0.3, -0.25) is 4.79 Å². The Hall–Kier alpha value is -4.38. The van der Waals surface area contributed by atoms with Gasteiger partial charge in [0.1, 0.15) is 11.5 Å². The summed E-state index contributed by atoms with van der Waals surface area (Å²) < 4.78 is 11.1. The fourth-order valence-electron chi connectivity index (χ4n) is 3.46. The average molecular weight is 407 g/mol. The van der Waals surface area contributed by atoms with Gasteiger partial charge in [-0.2, -0.15) is 0 Å². The van der Waals surface area contributed by atoms with Gasteiger partial charge in [-0.05, 0) is 35.9 Å². The molecule has 0 spiro atoms. The first-order chi connectivity index (χ1) is 15.2. The number of aromatic amines is 1. The van der Waals surface area contributed by atoms with Gasteiger partial charge in [0.15, 0.2) is 5.76 Å². The van der Waals surface area contributed by atoms with Gasteiger partial charge in [0.05, 0.1) is 5.56 Å². The van der Waals surface area contributed by atoms with Crippen LogP contribution in [-0.2, 0) is 4.79 Å². The molecule has 0 amide bonds. The number of carbonyl (C=O) groups is 2. The third-order valence-corrected chi connectivity index (χ3v) is 4.98. The molecule has 1 aliphatic heterocycles. The van der Waals surface area contributed by atoms with Crippen LogP contribution in [0.25, 0.3) is 23.1 Å². The highest BCUT2D eigenvalue weighted by Gasteiger charge is 2.28. The lowest BCUT2D eigenvalue weighted by atomic mass is 10.1. The largest absolute Gasteiger partial charge is 0.452 e. The van der Waals surface area contributed by atoms with E-state index in [0.717, 1.165) is 22.0 Å². The standard InChI is InChI=1S/C26H17NO4/c28-25(13-10-17-6-2-1-3-7-17)30-19-11-12-21-23(15-19)31-24(26(21)29)14-18-16-27-22-9-5-4-8-20(18)22/h1-16,27H. The van der Waals surface area contributed by atoms with Crippen LogP contribution in [0.15, 0.2) is 90.8 Å². The van der Waals surface area contributed by atoms with Crippen LogP contribution in [0.4, 0.5) is 0 Å². The predicted molar refractivity (Wildman–Crippen MR) is 119 cm³/mol. The predicted octanol–water partition coefficient (Wildman–Crippen LogP) is 5.40. The summed E-state index contributed by atoms with van der Waals surface area (Å²) >= 11 is 0. The number of H-pyrrole nitrogens is 1. The van der Waals surface area contributed by atoms with E-state index < -0.39 is 5.97 Å². The van der Waals surface area contributed by atoms with E-state index in [2.05, 4.69) is 4.98 Å². The minimum Gasteiger partial charge on any atom is -0.452 e. The minimum atomic E-state index is -0.511. The van der Waals surface area contributed by atoms with Crippen molar-refractivity contribution in [1.82, 2.24) is 4.98 Å². The third kappa shape index (κ3) is 3.76. The van der Waals surface area contributed by atoms with Crippen LogP contribution in [0.1, 0.15) is 21.5 Å². The molecule has 150 valence electrons. The van der Waals surface area contributed by atoms with E-state index in [9.17, 15) is 9.59 Å².